The summed E-state index contributed by atoms with van der Waals surface area (Å²) in [7, 11) is 0. The number of halogens is 3. The molecule has 4 nitrogen and oxygen atoms in total. The topological polar surface area (TPSA) is 68.0 Å². The smallest absolute Gasteiger partial charge is 0.348 e. The maximum atomic E-state index is 12.8. The SMILES string of the molecule is Cc1c(C(=O)NC2CCCCC2CN)sc2nc(C(F)(F)F)ccc12. The Hall–Kier alpha value is -1.67. The molecule has 8 heteroatoms. The molecule has 0 saturated heterocycles. The van der Waals surface area contributed by atoms with E-state index >= 15 is 0 Å². The van der Waals surface area contributed by atoms with Gasteiger partial charge in [0, 0.05) is 11.4 Å². The number of nitrogens with two attached hydrogens (primary N) is 1. The molecule has 25 heavy (non-hydrogen) atoms. The van der Waals surface area contributed by atoms with E-state index in [1.165, 1.54) is 6.07 Å². The van der Waals surface area contributed by atoms with E-state index in [4.69, 9.17) is 5.73 Å². The summed E-state index contributed by atoms with van der Waals surface area (Å²) in [5.41, 5.74) is 5.52. The molecule has 0 aromatic carbocycles. The van der Waals surface area contributed by atoms with E-state index in [9.17, 15) is 18.0 Å². The van der Waals surface area contributed by atoms with E-state index in [1.54, 1.807) is 6.92 Å². The van der Waals surface area contributed by atoms with Gasteiger partial charge in [-0.1, -0.05) is 12.8 Å². The van der Waals surface area contributed by atoms with Crippen LogP contribution < -0.4 is 11.1 Å². The standard InChI is InChI=1S/C17H20F3N3OS/c1-9-11-6-7-13(17(18,19)20)23-16(11)25-14(9)15(24)22-12-5-3-2-4-10(12)8-21/h6-7,10,12H,2-5,8,21H2,1H3,(H,22,24). The van der Waals surface area contributed by atoms with Gasteiger partial charge in [0.1, 0.15) is 10.5 Å². The molecular formula is C17H20F3N3OS. The number of fused-ring (bicyclic) bond motifs is 1. The number of aryl methyl sites for hydroxylation is 1. The van der Waals surface area contributed by atoms with Crippen LogP contribution in [0, 0.1) is 12.8 Å². The minimum Gasteiger partial charge on any atom is -0.348 e. The molecule has 136 valence electrons. The van der Waals surface area contributed by atoms with Gasteiger partial charge < -0.3 is 11.1 Å². The molecule has 1 saturated carbocycles. The van der Waals surface area contributed by atoms with Gasteiger partial charge in [0.25, 0.3) is 5.91 Å². The van der Waals surface area contributed by atoms with Crippen molar-refractivity contribution >= 4 is 27.5 Å². The monoisotopic (exact) mass is 371 g/mol. The first-order valence-corrected chi connectivity index (χ1v) is 9.11. The van der Waals surface area contributed by atoms with Crippen LogP contribution in [0.25, 0.3) is 10.2 Å². The molecule has 0 spiro atoms. The minimum atomic E-state index is -4.50. The van der Waals surface area contributed by atoms with Crippen LogP contribution in [0.5, 0.6) is 0 Å². The minimum absolute atomic E-state index is 0.0227. The lowest BCUT2D eigenvalue weighted by molar-refractivity contribution is -0.140. The molecule has 0 aliphatic heterocycles. The molecule has 2 aromatic rings. The second kappa shape index (κ2) is 6.92. The zero-order chi connectivity index (χ0) is 18.2. The van der Waals surface area contributed by atoms with Crippen molar-refractivity contribution in [2.45, 2.75) is 44.8 Å². The fourth-order valence-corrected chi connectivity index (χ4v) is 4.47. The van der Waals surface area contributed by atoms with Crippen LogP contribution >= 0.6 is 11.3 Å². The number of alkyl halides is 3. The second-order valence-electron chi connectivity index (χ2n) is 6.46. The van der Waals surface area contributed by atoms with Gasteiger partial charge in [-0.05, 0) is 49.9 Å². The number of aromatic nitrogens is 1. The predicted octanol–water partition coefficient (Wildman–Crippen LogP) is 3.87. The average Bonchev–Trinajstić information content (AvgIpc) is 2.91. The summed E-state index contributed by atoms with van der Waals surface area (Å²) < 4.78 is 38.5. The Kier molecular flexibility index (Phi) is 5.02. The van der Waals surface area contributed by atoms with Crippen LogP contribution in [0.2, 0.25) is 0 Å². The zero-order valence-electron chi connectivity index (χ0n) is 13.8. The summed E-state index contributed by atoms with van der Waals surface area (Å²) in [5.74, 6) is 0.00162. The summed E-state index contributed by atoms with van der Waals surface area (Å²) in [6.45, 7) is 2.26. The van der Waals surface area contributed by atoms with Crippen molar-refractivity contribution in [2.24, 2.45) is 11.7 Å². The fraction of sp³-hybridized carbons (Fsp3) is 0.529. The highest BCUT2D eigenvalue weighted by atomic mass is 32.1. The third kappa shape index (κ3) is 3.64. The summed E-state index contributed by atoms with van der Waals surface area (Å²) in [6.07, 6.45) is -0.466. The van der Waals surface area contributed by atoms with E-state index in [0.717, 1.165) is 43.1 Å². The number of carbonyl (C=O) groups is 1. The van der Waals surface area contributed by atoms with Crippen LogP contribution in [0.3, 0.4) is 0 Å². The predicted molar refractivity (Wildman–Crippen MR) is 91.6 cm³/mol. The van der Waals surface area contributed by atoms with Crippen molar-refractivity contribution in [1.82, 2.24) is 10.3 Å². The third-order valence-electron chi connectivity index (χ3n) is 4.83. The van der Waals surface area contributed by atoms with E-state index in [2.05, 4.69) is 10.3 Å². The molecule has 0 bridgehead atoms. The number of hydrogen-bond acceptors (Lipinski definition) is 4. The van der Waals surface area contributed by atoms with Crippen molar-refractivity contribution in [3.05, 3.63) is 28.3 Å². The van der Waals surface area contributed by atoms with Gasteiger partial charge in [-0.3, -0.25) is 4.79 Å². The first kappa shape index (κ1) is 18.1. The van der Waals surface area contributed by atoms with Gasteiger partial charge in [-0.25, -0.2) is 4.98 Å². The second-order valence-corrected chi connectivity index (χ2v) is 7.46. The Bertz CT molecular complexity index is 787. The molecule has 3 rings (SSSR count). The Labute approximate surface area is 147 Å². The van der Waals surface area contributed by atoms with Crippen molar-refractivity contribution in [2.75, 3.05) is 6.54 Å². The Morgan fingerprint density at radius 1 is 1.36 bits per heavy atom. The van der Waals surface area contributed by atoms with Crippen molar-refractivity contribution in [1.29, 1.82) is 0 Å². The number of pyridine rings is 1. The van der Waals surface area contributed by atoms with Gasteiger partial charge in [0.2, 0.25) is 0 Å². The molecule has 2 heterocycles. The number of rotatable bonds is 3. The summed E-state index contributed by atoms with van der Waals surface area (Å²) in [4.78, 5) is 17.0. The van der Waals surface area contributed by atoms with Crippen LogP contribution in [-0.2, 0) is 6.18 Å². The highest BCUT2D eigenvalue weighted by molar-refractivity contribution is 7.20. The van der Waals surface area contributed by atoms with Gasteiger partial charge >= 0.3 is 6.18 Å². The molecule has 2 atom stereocenters. The third-order valence-corrected chi connectivity index (χ3v) is 6.03. The first-order chi connectivity index (χ1) is 11.8. The first-order valence-electron chi connectivity index (χ1n) is 8.29. The van der Waals surface area contributed by atoms with E-state index in [1.807, 2.05) is 0 Å². The molecule has 3 N–H and O–H groups in total. The van der Waals surface area contributed by atoms with Crippen molar-refractivity contribution in [3.63, 3.8) is 0 Å². The van der Waals surface area contributed by atoms with Crippen LogP contribution in [0.4, 0.5) is 13.2 Å². The summed E-state index contributed by atoms with van der Waals surface area (Å²) in [6, 6.07) is 2.36. The van der Waals surface area contributed by atoms with Crippen LogP contribution in [0.1, 0.15) is 46.6 Å². The van der Waals surface area contributed by atoms with Gasteiger partial charge in [0.05, 0.1) is 4.88 Å². The largest absolute Gasteiger partial charge is 0.433 e. The lowest BCUT2D eigenvalue weighted by Gasteiger charge is -2.31. The maximum Gasteiger partial charge on any atom is 0.433 e. The molecule has 1 aliphatic carbocycles. The normalized spacial score (nSPS) is 21.5. The molecule has 2 unspecified atom stereocenters. The van der Waals surface area contributed by atoms with E-state index < -0.39 is 11.9 Å². The average molecular weight is 371 g/mol. The van der Waals surface area contributed by atoms with Gasteiger partial charge in [0.15, 0.2) is 0 Å². The number of hydrogen-bond donors (Lipinski definition) is 2. The lowest BCUT2D eigenvalue weighted by atomic mass is 9.84. The number of nitrogens with one attached hydrogen (secondary N) is 1. The number of thiophene rings is 1. The van der Waals surface area contributed by atoms with Crippen LogP contribution in [0.15, 0.2) is 12.1 Å². The highest BCUT2D eigenvalue weighted by Gasteiger charge is 2.33. The molecule has 1 aliphatic rings. The highest BCUT2D eigenvalue weighted by Crippen LogP contribution is 2.34. The van der Waals surface area contributed by atoms with Crippen molar-refractivity contribution in [3.8, 4) is 0 Å². The molecule has 2 aromatic heterocycles. The van der Waals surface area contributed by atoms with Crippen molar-refractivity contribution < 1.29 is 18.0 Å². The molecule has 0 radical (unpaired) electrons. The Morgan fingerprint density at radius 3 is 2.76 bits per heavy atom. The Morgan fingerprint density at radius 2 is 2.08 bits per heavy atom. The quantitative estimate of drug-likeness (QED) is 0.861. The maximum absolute atomic E-state index is 12.8. The fourth-order valence-electron chi connectivity index (χ4n) is 3.39. The summed E-state index contributed by atoms with van der Waals surface area (Å²) >= 11 is 1.01. The zero-order valence-corrected chi connectivity index (χ0v) is 14.6. The van der Waals surface area contributed by atoms with Gasteiger partial charge in [-0.2, -0.15) is 13.2 Å². The Balaban J connectivity index is 1.87. The molecular weight excluding hydrogens is 351 g/mol. The molecule has 1 amide bonds. The lowest BCUT2D eigenvalue weighted by Crippen LogP contribution is -2.44. The number of amides is 1. The van der Waals surface area contributed by atoms with Gasteiger partial charge in [-0.15, -0.1) is 11.3 Å². The number of nitrogens with zero attached hydrogens (tertiary/aromatic N) is 1. The summed E-state index contributed by atoms with van der Waals surface area (Å²) in [5, 5.41) is 3.61. The number of carbonyl (C=O) groups excluding carboxylic acids is 1. The molecule has 1 fully saturated rings. The van der Waals surface area contributed by atoms with Crippen LogP contribution in [-0.4, -0.2) is 23.5 Å². The van der Waals surface area contributed by atoms with E-state index in [-0.39, 0.29) is 22.7 Å². The van der Waals surface area contributed by atoms with E-state index in [0.29, 0.717) is 22.4 Å².